The molecule has 1 amide bonds. The summed E-state index contributed by atoms with van der Waals surface area (Å²) in [4.78, 5) is 22.5. The summed E-state index contributed by atoms with van der Waals surface area (Å²) in [5.74, 6) is -1.22. The van der Waals surface area contributed by atoms with Gasteiger partial charge in [0.25, 0.3) is 0 Å². The van der Waals surface area contributed by atoms with Crippen molar-refractivity contribution in [3.05, 3.63) is 0 Å². The number of ether oxygens (including phenoxy) is 1. The Morgan fingerprint density at radius 3 is 2.39 bits per heavy atom. The Morgan fingerprint density at radius 1 is 1.33 bits per heavy atom. The second kappa shape index (κ2) is 8.08. The molecular formula is C13H25NO4. The predicted octanol–water partition coefficient (Wildman–Crippen LogP) is 1.95. The fourth-order valence-electron chi connectivity index (χ4n) is 1.34. The highest BCUT2D eigenvalue weighted by molar-refractivity contribution is 5.83. The molecule has 0 radical (unpaired) electrons. The van der Waals surface area contributed by atoms with Crippen molar-refractivity contribution >= 4 is 11.9 Å². The van der Waals surface area contributed by atoms with Crippen LogP contribution in [0.25, 0.3) is 0 Å². The Balaban J connectivity index is 4.08. The molecule has 0 aliphatic heterocycles. The van der Waals surface area contributed by atoms with E-state index in [9.17, 15) is 9.59 Å². The maximum absolute atomic E-state index is 11.5. The molecule has 2 N–H and O–H groups in total. The molecule has 0 aromatic heterocycles. The van der Waals surface area contributed by atoms with Gasteiger partial charge in [-0.1, -0.05) is 13.3 Å². The quantitative estimate of drug-likeness (QED) is 0.698. The van der Waals surface area contributed by atoms with Gasteiger partial charge >= 0.3 is 5.97 Å². The number of carbonyl (C=O) groups is 2. The second-order valence-corrected chi connectivity index (χ2v) is 5.31. The van der Waals surface area contributed by atoms with Crippen molar-refractivity contribution in [2.45, 2.75) is 65.0 Å². The van der Waals surface area contributed by atoms with Gasteiger partial charge in [0.2, 0.25) is 5.91 Å². The number of carboxylic acid groups (broad SMARTS) is 1. The van der Waals surface area contributed by atoms with Gasteiger partial charge in [-0.05, 0) is 27.2 Å². The van der Waals surface area contributed by atoms with Crippen molar-refractivity contribution in [1.82, 2.24) is 5.32 Å². The summed E-state index contributed by atoms with van der Waals surface area (Å²) in [7, 11) is 0. The summed E-state index contributed by atoms with van der Waals surface area (Å²) in [6, 6.07) is -0.864. The zero-order chi connectivity index (χ0) is 14.2. The molecule has 0 bridgehead atoms. The summed E-state index contributed by atoms with van der Waals surface area (Å²) in [5.41, 5.74) is -0.296. The Bertz CT molecular complexity index is 271. The van der Waals surface area contributed by atoms with Gasteiger partial charge in [0.1, 0.15) is 6.04 Å². The standard InChI is InChI=1S/C13H25NO4/c1-5-6-7-11(15)14-10(12(16)17)8-9-18-13(2,3)4/h10H,5-9H2,1-4H3,(H,14,15)(H,16,17). The lowest BCUT2D eigenvalue weighted by Crippen LogP contribution is -2.41. The van der Waals surface area contributed by atoms with Crippen LogP contribution in [0, 0.1) is 0 Å². The van der Waals surface area contributed by atoms with Crippen LogP contribution in [0.2, 0.25) is 0 Å². The van der Waals surface area contributed by atoms with E-state index in [2.05, 4.69) is 5.32 Å². The molecule has 5 heteroatoms. The molecule has 0 heterocycles. The zero-order valence-electron chi connectivity index (χ0n) is 11.8. The molecule has 18 heavy (non-hydrogen) atoms. The molecule has 0 spiro atoms. The summed E-state index contributed by atoms with van der Waals surface area (Å²) in [5, 5.41) is 11.5. The highest BCUT2D eigenvalue weighted by Gasteiger charge is 2.20. The van der Waals surface area contributed by atoms with E-state index < -0.39 is 12.0 Å². The third-order valence-corrected chi connectivity index (χ3v) is 2.33. The van der Waals surface area contributed by atoms with Gasteiger partial charge in [-0.3, -0.25) is 4.79 Å². The van der Waals surface area contributed by atoms with E-state index in [0.29, 0.717) is 13.0 Å². The molecule has 1 unspecified atom stereocenters. The SMILES string of the molecule is CCCCC(=O)NC(CCOC(C)(C)C)C(=O)O. The van der Waals surface area contributed by atoms with Gasteiger partial charge in [0.05, 0.1) is 5.60 Å². The minimum Gasteiger partial charge on any atom is -0.480 e. The van der Waals surface area contributed by atoms with Crippen LogP contribution in [0.3, 0.4) is 0 Å². The maximum atomic E-state index is 11.5. The van der Waals surface area contributed by atoms with Gasteiger partial charge in [-0.15, -0.1) is 0 Å². The lowest BCUT2D eigenvalue weighted by Gasteiger charge is -2.21. The largest absolute Gasteiger partial charge is 0.480 e. The number of hydrogen-bond acceptors (Lipinski definition) is 3. The Morgan fingerprint density at radius 2 is 1.94 bits per heavy atom. The Kier molecular flexibility index (Phi) is 7.59. The Labute approximate surface area is 109 Å². The maximum Gasteiger partial charge on any atom is 0.326 e. The van der Waals surface area contributed by atoms with Crippen molar-refractivity contribution in [3.8, 4) is 0 Å². The van der Waals surface area contributed by atoms with Gasteiger partial charge in [-0.25, -0.2) is 4.79 Å². The number of amides is 1. The average molecular weight is 259 g/mol. The molecule has 0 saturated heterocycles. The number of aliphatic carboxylic acids is 1. The lowest BCUT2D eigenvalue weighted by atomic mass is 10.1. The van der Waals surface area contributed by atoms with E-state index in [4.69, 9.17) is 9.84 Å². The lowest BCUT2D eigenvalue weighted by molar-refractivity contribution is -0.142. The Hall–Kier alpha value is -1.10. The van der Waals surface area contributed by atoms with Crippen LogP contribution in [0.15, 0.2) is 0 Å². The first-order valence-corrected chi connectivity index (χ1v) is 6.42. The molecule has 0 aromatic carbocycles. The predicted molar refractivity (Wildman–Crippen MR) is 69.4 cm³/mol. The minimum atomic E-state index is -1.02. The molecule has 0 aromatic rings. The number of unbranched alkanes of at least 4 members (excludes halogenated alkanes) is 1. The van der Waals surface area contributed by atoms with Crippen molar-refractivity contribution in [2.24, 2.45) is 0 Å². The van der Waals surface area contributed by atoms with Crippen LogP contribution in [0.5, 0.6) is 0 Å². The van der Waals surface area contributed by atoms with Crippen LogP contribution in [-0.4, -0.2) is 35.2 Å². The first kappa shape index (κ1) is 16.9. The smallest absolute Gasteiger partial charge is 0.326 e. The highest BCUT2D eigenvalue weighted by Crippen LogP contribution is 2.08. The average Bonchev–Trinajstić information content (AvgIpc) is 2.23. The van der Waals surface area contributed by atoms with Gasteiger partial charge < -0.3 is 15.2 Å². The highest BCUT2D eigenvalue weighted by atomic mass is 16.5. The van der Waals surface area contributed by atoms with E-state index in [1.165, 1.54) is 0 Å². The van der Waals surface area contributed by atoms with Crippen LogP contribution in [0.1, 0.15) is 53.4 Å². The third-order valence-electron chi connectivity index (χ3n) is 2.33. The summed E-state index contributed by atoms with van der Waals surface area (Å²) < 4.78 is 5.46. The second-order valence-electron chi connectivity index (χ2n) is 5.31. The number of nitrogens with one attached hydrogen (secondary N) is 1. The van der Waals surface area contributed by atoms with E-state index >= 15 is 0 Å². The first-order valence-electron chi connectivity index (χ1n) is 6.42. The van der Waals surface area contributed by atoms with Crippen LogP contribution in [-0.2, 0) is 14.3 Å². The molecule has 1 atom stereocenters. The van der Waals surface area contributed by atoms with Crippen LogP contribution < -0.4 is 5.32 Å². The topological polar surface area (TPSA) is 75.6 Å². The number of carboxylic acids is 1. The van der Waals surface area contributed by atoms with E-state index in [0.717, 1.165) is 12.8 Å². The fraction of sp³-hybridized carbons (Fsp3) is 0.846. The van der Waals surface area contributed by atoms with E-state index in [1.807, 2.05) is 27.7 Å². The minimum absolute atomic E-state index is 0.208. The summed E-state index contributed by atoms with van der Waals surface area (Å²) in [6.45, 7) is 8.02. The monoisotopic (exact) mass is 259 g/mol. The molecule has 0 rings (SSSR count). The first-order chi connectivity index (χ1) is 8.26. The molecule has 0 saturated carbocycles. The number of carbonyl (C=O) groups excluding carboxylic acids is 1. The van der Waals surface area contributed by atoms with E-state index in [1.54, 1.807) is 0 Å². The molecule has 5 nitrogen and oxygen atoms in total. The van der Waals surface area contributed by atoms with Crippen molar-refractivity contribution in [2.75, 3.05) is 6.61 Å². The van der Waals surface area contributed by atoms with Crippen LogP contribution in [0.4, 0.5) is 0 Å². The summed E-state index contributed by atoms with van der Waals surface area (Å²) >= 11 is 0. The van der Waals surface area contributed by atoms with Crippen LogP contribution >= 0.6 is 0 Å². The number of rotatable bonds is 8. The summed E-state index contributed by atoms with van der Waals surface area (Å²) in [6.07, 6.45) is 2.35. The molecule has 0 fully saturated rings. The fourth-order valence-corrected chi connectivity index (χ4v) is 1.34. The molecule has 0 aliphatic carbocycles. The third kappa shape index (κ3) is 8.98. The zero-order valence-corrected chi connectivity index (χ0v) is 11.8. The molecule has 0 aliphatic rings. The molecular weight excluding hydrogens is 234 g/mol. The normalized spacial score (nSPS) is 13.1. The van der Waals surface area contributed by atoms with Crippen molar-refractivity contribution < 1.29 is 19.4 Å². The number of hydrogen-bond donors (Lipinski definition) is 2. The van der Waals surface area contributed by atoms with Gasteiger partial charge in [-0.2, -0.15) is 0 Å². The van der Waals surface area contributed by atoms with Gasteiger partial charge in [0, 0.05) is 19.4 Å². The van der Waals surface area contributed by atoms with Crippen molar-refractivity contribution in [1.29, 1.82) is 0 Å². The van der Waals surface area contributed by atoms with Crippen molar-refractivity contribution in [3.63, 3.8) is 0 Å². The van der Waals surface area contributed by atoms with Gasteiger partial charge in [0.15, 0.2) is 0 Å². The van der Waals surface area contributed by atoms with E-state index in [-0.39, 0.29) is 17.9 Å². The molecule has 106 valence electrons.